The molecule has 2 heterocycles. The lowest BCUT2D eigenvalue weighted by Crippen LogP contribution is -2.42. The van der Waals surface area contributed by atoms with E-state index >= 15 is 0 Å². The van der Waals surface area contributed by atoms with Gasteiger partial charge in [-0.2, -0.15) is 5.26 Å². The van der Waals surface area contributed by atoms with Crippen molar-refractivity contribution >= 4 is 11.6 Å². The molecule has 1 saturated carbocycles. The Kier molecular flexibility index (Phi) is 3.70. The van der Waals surface area contributed by atoms with Gasteiger partial charge >= 0.3 is 0 Å². The molecule has 106 valence electrons. The van der Waals surface area contributed by atoms with Crippen LogP contribution in [0.1, 0.15) is 31.5 Å². The summed E-state index contributed by atoms with van der Waals surface area (Å²) in [5.41, 5.74) is 0. The van der Waals surface area contributed by atoms with Crippen LogP contribution < -0.4 is 10.2 Å². The highest BCUT2D eigenvalue weighted by Gasteiger charge is 2.29. The van der Waals surface area contributed by atoms with Crippen LogP contribution in [0.2, 0.25) is 0 Å². The molecule has 1 aromatic rings. The topological polar surface area (TPSA) is 74.1 Å². The maximum Gasteiger partial charge on any atom is 0.161 e. The van der Waals surface area contributed by atoms with Crippen LogP contribution in [0.15, 0.2) is 6.07 Å². The maximum atomic E-state index is 9.00. The Morgan fingerprint density at radius 1 is 1.50 bits per heavy atom. The van der Waals surface area contributed by atoms with Crippen molar-refractivity contribution in [1.82, 2.24) is 9.97 Å². The Labute approximate surface area is 118 Å². The summed E-state index contributed by atoms with van der Waals surface area (Å²) in [6.45, 7) is 4.80. The third-order valence-corrected chi connectivity index (χ3v) is 3.56. The molecule has 0 radical (unpaired) electrons. The molecule has 3 rings (SSSR count). The number of nitrogens with zero attached hydrogens (tertiary/aromatic N) is 4. The molecule has 20 heavy (non-hydrogen) atoms. The van der Waals surface area contributed by atoms with Crippen molar-refractivity contribution in [3.63, 3.8) is 0 Å². The number of nitriles is 1. The van der Waals surface area contributed by atoms with Gasteiger partial charge in [-0.3, -0.25) is 0 Å². The first-order valence-electron chi connectivity index (χ1n) is 7.19. The third kappa shape index (κ3) is 2.83. The van der Waals surface area contributed by atoms with Crippen molar-refractivity contribution in [2.45, 2.75) is 31.8 Å². The molecule has 2 aliphatic rings. The lowest BCUT2D eigenvalue weighted by atomic mass is 10.3. The zero-order valence-electron chi connectivity index (χ0n) is 11.7. The van der Waals surface area contributed by atoms with Crippen molar-refractivity contribution in [2.24, 2.45) is 0 Å². The molecular formula is C14H19N5O. The SMILES string of the molecule is CCNc1cc(N2CCOC(C#N)C2)nc(C2CC2)n1. The first kappa shape index (κ1) is 13.1. The molecule has 1 aliphatic heterocycles. The molecule has 0 spiro atoms. The second-order valence-corrected chi connectivity index (χ2v) is 5.21. The fraction of sp³-hybridized carbons (Fsp3) is 0.643. The van der Waals surface area contributed by atoms with E-state index in [4.69, 9.17) is 10.00 Å². The Bertz CT molecular complexity index is 523. The van der Waals surface area contributed by atoms with Crippen LogP contribution >= 0.6 is 0 Å². The van der Waals surface area contributed by atoms with Crippen molar-refractivity contribution in [1.29, 1.82) is 5.26 Å². The van der Waals surface area contributed by atoms with Crippen LogP contribution in [0.5, 0.6) is 0 Å². The van der Waals surface area contributed by atoms with E-state index in [0.29, 0.717) is 19.1 Å². The molecule has 6 nitrogen and oxygen atoms in total. The van der Waals surface area contributed by atoms with Gasteiger partial charge in [-0.05, 0) is 19.8 Å². The van der Waals surface area contributed by atoms with Crippen molar-refractivity contribution in [2.75, 3.05) is 36.5 Å². The van der Waals surface area contributed by atoms with Gasteiger partial charge in [-0.1, -0.05) is 0 Å². The zero-order valence-corrected chi connectivity index (χ0v) is 11.7. The van der Waals surface area contributed by atoms with Gasteiger partial charge in [-0.15, -0.1) is 0 Å². The van der Waals surface area contributed by atoms with E-state index in [1.807, 2.05) is 6.07 Å². The van der Waals surface area contributed by atoms with Crippen LogP contribution in [0.4, 0.5) is 11.6 Å². The average molecular weight is 273 g/mol. The summed E-state index contributed by atoms with van der Waals surface area (Å²) in [7, 11) is 0. The molecule has 1 saturated heterocycles. The third-order valence-electron chi connectivity index (χ3n) is 3.56. The highest BCUT2D eigenvalue weighted by molar-refractivity contribution is 5.50. The second-order valence-electron chi connectivity index (χ2n) is 5.21. The monoisotopic (exact) mass is 273 g/mol. The number of anilines is 2. The molecule has 0 aromatic carbocycles. The summed E-state index contributed by atoms with van der Waals surface area (Å²) in [4.78, 5) is 11.4. The summed E-state index contributed by atoms with van der Waals surface area (Å²) in [6, 6.07) is 4.14. The smallest absolute Gasteiger partial charge is 0.161 e. The van der Waals surface area contributed by atoms with Crippen LogP contribution in [0, 0.1) is 11.3 Å². The predicted molar refractivity (Wildman–Crippen MR) is 75.7 cm³/mol. The number of hydrogen-bond donors (Lipinski definition) is 1. The number of hydrogen-bond acceptors (Lipinski definition) is 6. The van der Waals surface area contributed by atoms with E-state index in [9.17, 15) is 0 Å². The molecule has 1 atom stereocenters. The number of rotatable bonds is 4. The fourth-order valence-corrected chi connectivity index (χ4v) is 2.35. The van der Waals surface area contributed by atoms with E-state index < -0.39 is 0 Å². The molecule has 1 unspecified atom stereocenters. The van der Waals surface area contributed by atoms with E-state index in [0.717, 1.165) is 30.5 Å². The number of nitrogens with one attached hydrogen (secondary N) is 1. The van der Waals surface area contributed by atoms with Crippen molar-refractivity contribution in [3.05, 3.63) is 11.9 Å². The summed E-state index contributed by atoms with van der Waals surface area (Å²) in [6.07, 6.45) is 1.99. The minimum atomic E-state index is -0.370. The number of ether oxygens (including phenoxy) is 1. The summed E-state index contributed by atoms with van der Waals surface area (Å²) in [5, 5.41) is 12.3. The van der Waals surface area contributed by atoms with Crippen LogP contribution in [-0.4, -0.2) is 42.3 Å². The molecule has 0 bridgehead atoms. The normalized spacial score (nSPS) is 22.4. The van der Waals surface area contributed by atoms with Crippen molar-refractivity contribution < 1.29 is 4.74 Å². The Morgan fingerprint density at radius 3 is 3.05 bits per heavy atom. The highest BCUT2D eigenvalue weighted by Crippen LogP contribution is 2.39. The minimum Gasteiger partial charge on any atom is -0.370 e. The van der Waals surface area contributed by atoms with Gasteiger partial charge in [0.25, 0.3) is 0 Å². The molecule has 1 aliphatic carbocycles. The van der Waals surface area contributed by atoms with Gasteiger partial charge in [0.05, 0.1) is 19.2 Å². The van der Waals surface area contributed by atoms with Gasteiger partial charge < -0.3 is 15.0 Å². The van der Waals surface area contributed by atoms with E-state index in [2.05, 4.69) is 33.2 Å². The minimum absolute atomic E-state index is 0.370. The average Bonchev–Trinajstić information content (AvgIpc) is 3.32. The van der Waals surface area contributed by atoms with Crippen LogP contribution in [0.25, 0.3) is 0 Å². The first-order chi connectivity index (χ1) is 9.80. The van der Waals surface area contributed by atoms with Crippen LogP contribution in [0.3, 0.4) is 0 Å². The van der Waals surface area contributed by atoms with Gasteiger partial charge in [0, 0.05) is 25.1 Å². The van der Waals surface area contributed by atoms with Gasteiger partial charge in [0.15, 0.2) is 6.10 Å². The number of aromatic nitrogens is 2. The number of morpholine rings is 1. The van der Waals surface area contributed by atoms with E-state index in [1.54, 1.807) is 0 Å². The van der Waals surface area contributed by atoms with Gasteiger partial charge in [-0.25, -0.2) is 9.97 Å². The fourth-order valence-electron chi connectivity index (χ4n) is 2.35. The molecular weight excluding hydrogens is 254 g/mol. The quantitative estimate of drug-likeness (QED) is 0.896. The molecule has 2 fully saturated rings. The summed E-state index contributed by atoms with van der Waals surface area (Å²) >= 11 is 0. The molecule has 6 heteroatoms. The molecule has 0 amide bonds. The lowest BCUT2D eigenvalue weighted by Gasteiger charge is -2.31. The summed E-state index contributed by atoms with van der Waals surface area (Å²) < 4.78 is 5.38. The largest absolute Gasteiger partial charge is 0.370 e. The second kappa shape index (κ2) is 5.63. The Hall–Kier alpha value is -1.87. The Balaban J connectivity index is 1.85. The molecule has 1 N–H and O–H groups in total. The van der Waals surface area contributed by atoms with Gasteiger partial charge in [0.1, 0.15) is 17.5 Å². The predicted octanol–water partition coefficient (Wildman–Crippen LogP) is 1.51. The van der Waals surface area contributed by atoms with E-state index in [1.165, 1.54) is 12.8 Å². The maximum absolute atomic E-state index is 9.00. The Morgan fingerprint density at radius 2 is 2.35 bits per heavy atom. The van der Waals surface area contributed by atoms with Gasteiger partial charge in [0.2, 0.25) is 0 Å². The first-order valence-corrected chi connectivity index (χ1v) is 7.19. The lowest BCUT2D eigenvalue weighted by molar-refractivity contribution is 0.0761. The molecule has 1 aromatic heterocycles. The van der Waals surface area contributed by atoms with E-state index in [-0.39, 0.29) is 6.10 Å². The standard InChI is InChI=1S/C14H19N5O/c1-2-16-12-7-13(18-14(17-12)10-3-4-10)19-5-6-20-11(8-15)9-19/h7,10-11H,2-6,9H2,1H3,(H,16,17,18). The van der Waals surface area contributed by atoms with Crippen LogP contribution in [-0.2, 0) is 4.74 Å². The zero-order chi connectivity index (χ0) is 13.9. The summed E-state index contributed by atoms with van der Waals surface area (Å²) in [5.74, 6) is 3.22. The highest BCUT2D eigenvalue weighted by atomic mass is 16.5. The van der Waals surface area contributed by atoms with Crippen molar-refractivity contribution in [3.8, 4) is 6.07 Å².